The van der Waals surface area contributed by atoms with Crippen molar-refractivity contribution >= 4 is 5.91 Å². The SMILES string of the molecule is CCN1CCOc2ccccc2CCCCC2(CCNCC2)C1=O. The fourth-order valence-electron chi connectivity index (χ4n) is 4.11. The maximum atomic E-state index is 13.3. The number of carbonyl (C=O) groups excluding carboxylic acids is 1. The number of nitrogens with one attached hydrogen (secondary N) is 1. The van der Waals surface area contributed by atoms with E-state index in [2.05, 4.69) is 24.4 Å². The second-order valence-corrected chi connectivity index (χ2v) is 7.08. The molecule has 1 N–H and O–H groups in total. The number of rotatable bonds is 1. The van der Waals surface area contributed by atoms with Crippen LogP contribution in [0, 0.1) is 5.41 Å². The van der Waals surface area contributed by atoms with E-state index in [-0.39, 0.29) is 5.41 Å². The molecule has 4 heteroatoms. The van der Waals surface area contributed by atoms with Crippen LogP contribution < -0.4 is 10.1 Å². The van der Waals surface area contributed by atoms with E-state index in [4.69, 9.17) is 4.74 Å². The molecule has 132 valence electrons. The lowest BCUT2D eigenvalue weighted by molar-refractivity contribution is -0.144. The summed E-state index contributed by atoms with van der Waals surface area (Å²) in [5.41, 5.74) is 1.15. The smallest absolute Gasteiger partial charge is 0.228 e. The van der Waals surface area contributed by atoms with E-state index in [0.29, 0.717) is 19.1 Å². The number of benzene rings is 1. The normalized spacial score (nSPS) is 22.2. The van der Waals surface area contributed by atoms with Crippen LogP contribution in [0.1, 0.15) is 44.6 Å². The van der Waals surface area contributed by atoms with E-state index in [1.54, 1.807) is 0 Å². The number of ether oxygens (including phenoxy) is 1. The summed E-state index contributed by atoms with van der Waals surface area (Å²) in [4.78, 5) is 15.3. The number of piperidine rings is 1. The predicted molar refractivity (Wildman–Crippen MR) is 96.3 cm³/mol. The first kappa shape index (κ1) is 17.3. The highest BCUT2D eigenvalue weighted by atomic mass is 16.5. The van der Waals surface area contributed by atoms with Gasteiger partial charge in [0.15, 0.2) is 0 Å². The van der Waals surface area contributed by atoms with Crippen molar-refractivity contribution < 1.29 is 9.53 Å². The molecule has 1 aromatic carbocycles. The Bertz CT molecular complexity index is 552. The van der Waals surface area contributed by atoms with E-state index in [1.165, 1.54) is 5.56 Å². The van der Waals surface area contributed by atoms with Crippen LogP contribution in [0.3, 0.4) is 0 Å². The summed E-state index contributed by atoms with van der Waals surface area (Å²) in [6, 6.07) is 8.33. The lowest BCUT2D eigenvalue weighted by Gasteiger charge is -2.40. The molecule has 0 unspecified atom stereocenters. The molecule has 1 saturated heterocycles. The van der Waals surface area contributed by atoms with Gasteiger partial charge < -0.3 is 15.0 Å². The summed E-state index contributed by atoms with van der Waals surface area (Å²) in [5, 5.41) is 3.41. The Hall–Kier alpha value is -1.55. The molecule has 0 bridgehead atoms. The van der Waals surface area contributed by atoms with Crippen LogP contribution in [-0.2, 0) is 11.2 Å². The third-order valence-electron chi connectivity index (χ3n) is 5.63. The predicted octanol–water partition coefficient (Wildman–Crippen LogP) is 3.01. The fraction of sp³-hybridized carbons (Fsp3) is 0.650. The van der Waals surface area contributed by atoms with Crippen molar-refractivity contribution in [3.05, 3.63) is 29.8 Å². The number of carbonyl (C=O) groups is 1. The minimum atomic E-state index is -0.153. The molecule has 24 heavy (non-hydrogen) atoms. The van der Waals surface area contributed by atoms with E-state index in [0.717, 1.165) is 63.9 Å². The molecular formula is C20H30N2O2. The molecule has 0 radical (unpaired) electrons. The maximum Gasteiger partial charge on any atom is 0.228 e. The summed E-state index contributed by atoms with van der Waals surface area (Å²) in [6.45, 7) is 6.01. The molecule has 2 aliphatic heterocycles. The van der Waals surface area contributed by atoms with Crippen molar-refractivity contribution in [2.45, 2.75) is 45.4 Å². The molecule has 0 saturated carbocycles. The zero-order valence-electron chi connectivity index (χ0n) is 14.9. The van der Waals surface area contributed by atoms with Gasteiger partial charge in [0.2, 0.25) is 5.91 Å². The second kappa shape index (κ2) is 8.02. The van der Waals surface area contributed by atoms with Crippen molar-refractivity contribution in [3.8, 4) is 5.75 Å². The van der Waals surface area contributed by atoms with Crippen LogP contribution in [0.4, 0.5) is 0 Å². The highest BCUT2D eigenvalue weighted by molar-refractivity contribution is 5.83. The van der Waals surface area contributed by atoms with Crippen LogP contribution in [0.5, 0.6) is 5.75 Å². The Morgan fingerprint density at radius 2 is 1.96 bits per heavy atom. The molecule has 0 aliphatic carbocycles. The summed E-state index contributed by atoms with van der Waals surface area (Å²) < 4.78 is 6.01. The molecule has 1 fully saturated rings. The maximum absolute atomic E-state index is 13.3. The number of aryl methyl sites for hydroxylation is 1. The fourth-order valence-corrected chi connectivity index (χ4v) is 4.11. The van der Waals surface area contributed by atoms with Crippen LogP contribution >= 0.6 is 0 Å². The minimum Gasteiger partial charge on any atom is -0.491 e. The van der Waals surface area contributed by atoms with E-state index in [1.807, 2.05) is 17.0 Å². The number of hydrogen-bond donors (Lipinski definition) is 1. The van der Waals surface area contributed by atoms with Crippen LogP contribution in [0.2, 0.25) is 0 Å². The zero-order chi connectivity index (χ0) is 16.8. The highest BCUT2D eigenvalue weighted by Gasteiger charge is 2.41. The van der Waals surface area contributed by atoms with Crippen molar-refractivity contribution in [2.75, 3.05) is 32.8 Å². The van der Waals surface area contributed by atoms with Crippen LogP contribution in [-0.4, -0.2) is 43.6 Å². The number of likely N-dealkylation sites (N-methyl/N-ethyl adjacent to an activating group) is 1. The first-order valence-electron chi connectivity index (χ1n) is 9.46. The molecule has 1 spiro atoms. The Morgan fingerprint density at radius 1 is 1.17 bits per heavy atom. The van der Waals surface area contributed by atoms with E-state index in [9.17, 15) is 4.79 Å². The van der Waals surface area contributed by atoms with Gasteiger partial charge in [0.05, 0.1) is 12.0 Å². The number of nitrogens with zero attached hydrogens (tertiary/aromatic N) is 1. The summed E-state index contributed by atoms with van der Waals surface area (Å²) in [7, 11) is 0. The quantitative estimate of drug-likeness (QED) is 0.861. The number of hydrogen-bond acceptors (Lipinski definition) is 3. The lowest BCUT2D eigenvalue weighted by atomic mass is 9.73. The third kappa shape index (κ3) is 3.75. The molecule has 1 amide bonds. The topological polar surface area (TPSA) is 41.6 Å². The number of para-hydroxylation sites is 1. The standard InChI is InChI=1S/C20H30N2O2/c1-2-22-15-16-24-18-9-4-3-7-17(18)8-5-6-10-20(19(22)23)11-13-21-14-12-20/h3-4,7,9,21H,2,5-6,8,10-16H2,1H3. The van der Waals surface area contributed by atoms with Gasteiger partial charge in [0.1, 0.15) is 12.4 Å². The van der Waals surface area contributed by atoms with Crippen LogP contribution in [0.15, 0.2) is 24.3 Å². The van der Waals surface area contributed by atoms with Gasteiger partial charge in [0.25, 0.3) is 0 Å². The van der Waals surface area contributed by atoms with E-state index < -0.39 is 0 Å². The molecule has 2 aliphatic rings. The van der Waals surface area contributed by atoms with E-state index >= 15 is 0 Å². The Balaban J connectivity index is 1.80. The van der Waals surface area contributed by atoms with Crippen LogP contribution in [0.25, 0.3) is 0 Å². The molecule has 1 aromatic rings. The number of amides is 1. The molecule has 2 heterocycles. The van der Waals surface area contributed by atoms with Gasteiger partial charge in [-0.3, -0.25) is 4.79 Å². The molecular weight excluding hydrogens is 300 g/mol. The van der Waals surface area contributed by atoms with Crippen molar-refractivity contribution in [1.29, 1.82) is 0 Å². The summed E-state index contributed by atoms with van der Waals surface area (Å²) >= 11 is 0. The van der Waals surface area contributed by atoms with Gasteiger partial charge in [-0.2, -0.15) is 0 Å². The number of fused-ring (bicyclic) bond motifs is 1. The zero-order valence-corrected chi connectivity index (χ0v) is 14.9. The molecule has 0 aromatic heterocycles. The van der Waals surface area contributed by atoms with Crippen molar-refractivity contribution in [3.63, 3.8) is 0 Å². The largest absolute Gasteiger partial charge is 0.491 e. The average molecular weight is 330 g/mol. The Labute approximate surface area is 145 Å². The van der Waals surface area contributed by atoms with Gasteiger partial charge in [-0.25, -0.2) is 0 Å². The summed E-state index contributed by atoms with van der Waals surface area (Å²) in [6.07, 6.45) is 6.23. The highest BCUT2D eigenvalue weighted by Crippen LogP contribution is 2.37. The first-order valence-corrected chi connectivity index (χ1v) is 9.46. The lowest BCUT2D eigenvalue weighted by Crippen LogP contribution is -2.50. The second-order valence-electron chi connectivity index (χ2n) is 7.08. The monoisotopic (exact) mass is 330 g/mol. The molecule has 3 rings (SSSR count). The Kier molecular flexibility index (Phi) is 5.77. The minimum absolute atomic E-state index is 0.153. The van der Waals surface area contributed by atoms with Gasteiger partial charge >= 0.3 is 0 Å². The van der Waals surface area contributed by atoms with Gasteiger partial charge in [-0.05, 0) is 63.7 Å². The van der Waals surface area contributed by atoms with Crippen molar-refractivity contribution in [2.24, 2.45) is 5.41 Å². The first-order chi connectivity index (χ1) is 11.7. The van der Waals surface area contributed by atoms with Gasteiger partial charge in [-0.1, -0.05) is 24.6 Å². The average Bonchev–Trinajstić information content (AvgIpc) is 2.63. The summed E-state index contributed by atoms with van der Waals surface area (Å²) in [5.74, 6) is 1.34. The third-order valence-corrected chi connectivity index (χ3v) is 5.63. The van der Waals surface area contributed by atoms with Gasteiger partial charge in [0, 0.05) is 6.54 Å². The Morgan fingerprint density at radius 3 is 2.75 bits per heavy atom. The molecule has 0 atom stereocenters. The van der Waals surface area contributed by atoms with Gasteiger partial charge in [-0.15, -0.1) is 0 Å². The van der Waals surface area contributed by atoms with Crippen molar-refractivity contribution in [1.82, 2.24) is 10.2 Å². The molecule has 4 nitrogen and oxygen atoms in total.